The zero-order valence-electron chi connectivity index (χ0n) is 57.9. The molecule has 0 unspecified atom stereocenters. The highest BCUT2D eigenvalue weighted by atomic mass is 19.2. The lowest BCUT2D eigenvalue weighted by molar-refractivity contribution is -0.343. The smallest absolute Gasteiger partial charge is 0.200 e. The molecule has 0 saturated heterocycles. The fourth-order valence-electron chi connectivity index (χ4n) is 7.14. The van der Waals surface area contributed by atoms with Crippen molar-refractivity contribution in [3.05, 3.63) is 359 Å². The lowest BCUT2D eigenvalue weighted by Gasteiger charge is -2.27. The summed E-state index contributed by atoms with van der Waals surface area (Å²) in [6.07, 6.45) is 0. The Morgan fingerprint density at radius 3 is 0.259 bits per heavy atom. The van der Waals surface area contributed by atoms with Crippen LogP contribution in [0.2, 0.25) is 0 Å². The standard InChI is InChI=1S/4C6BF5O2.8C6H7N/c4*8-2-1(7(13)14)3(9)5(11)6(12)4(2)10;8*7-6-4-2-1-3-5-6/h;;;;8*1-5H,7H2/q4*-2;;;;;;;;/p+8. The van der Waals surface area contributed by atoms with Crippen LogP contribution in [0.3, 0.4) is 0 Å². The van der Waals surface area contributed by atoms with Gasteiger partial charge in [0.2, 0.25) is 0 Å². The van der Waals surface area contributed by atoms with Crippen molar-refractivity contribution in [3.8, 4) is 0 Å². The number of benzene rings is 12. The van der Waals surface area contributed by atoms with Crippen LogP contribution in [-0.2, 0) is 0 Å². The molecule has 16 nitrogen and oxygen atoms in total. The Balaban J connectivity index is 0.000000619. The summed E-state index contributed by atoms with van der Waals surface area (Å²) in [7, 11) is -13.1. The van der Waals surface area contributed by atoms with Crippen molar-refractivity contribution in [3.63, 3.8) is 0 Å². The first-order valence-electron chi connectivity index (χ1n) is 30.9. The molecule has 112 heavy (non-hydrogen) atoms. The molecule has 0 bridgehead atoms. The first-order valence-corrected chi connectivity index (χ1v) is 30.9. The Morgan fingerprint density at radius 2 is 0.205 bits per heavy atom. The third-order valence-corrected chi connectivity index (χ3v) is 12.7. The molecule has 12 aromatic rings. The van der Waals surface area contributed by atoms with Crippen LogP contribution in [0.15, 0.2) is 243 Å². The second kappa shape index (κ2) is 52.1. The average molecular weight is 1590 g/mol. The van der Waals surface area contributed by atoms with Crippen LogP contribution < -0.4 is 108 Å². The number of quaternary nitrogens is 8. The van der Waals surface area contributed by atoms with Crippen LogP contribution in [0.25, 0.3) is 0 Å². The molecule has 592 valence electrons. The summed E-state index contributed by atoms with van der Waals surface area (Å²) in [6.45, 7) is 0. The van der Waals surface area contributed by atoms with Gasteiger partial charge in [-0.3, -0.25) is 0 Å². The first-order chi connectivity index (χ1) is 52.6. The van der Waals surface area contributed by atoms with E-state index >= 15 is 0 Å². The van der Waals surface area contributed by atoms with E-state index in [9.17, 15) is 128 Å². The van der Waals surface area contributed by atoms with E-state index in [1.165, 1.54) is 0 Å². The van der Waals surface area contributed by atoms with Gasteiger partial charge in [-0.1, -0.05) is 174 Å². The second-order valence-corrected chi connectivity index (χ2v) is 21.1. The summed E-state index contributed by atoms with van der Waals surface area (Å²) in [5.74, 6) is -47.0. The maximum absolute atomic E-state index is 12.5. The van der Waals surface area contributed by atoms with E-state index in [1.807, 2.05) is 243 Å². The van der Waals surface area contributed by atoms with Crippen LogP contribution in [0, 0.1) is 116 Å². The van der Waals surface area contributed by atoms with Gasteiger partial charge in [-0.05, 0) is 119 Å². The molecule has 0 aromatic heterocycles. The van der Waals surface area contributed by atoms with Gasteiger partial charge in [0, 0.05) is 0 Å². The van der Waals surface area contributed by atoms with Gasteiger partial charge >= 0.3 is 0 Å². The van der Waals surface area contributed by atoms with Gasteiger partial charge in [-0.2, -0.15) is 0 Å². The van der Waals surface area contributed by atoms with Crippen molar-refractivity contribution < 1.29 is 174 Å². The lowest BCUT2D eigenvalue weighted by atomic mass is 9.79. The second-order valence-electron chi connectivity index (χ2n) is 21.1. The monoisotopic (exact) mass is 1590 g/mol. The number of halogens is 20. The topological polar surface area (TPSA) is 406 Å². The van der Waals surface area contributed by atoms with Gasteiger partial charge in [0.25, 0.3) is 0 Å². The molecular formula is C72H64B4F20N8O8. The van der Waals surface area contributed by atoms with E-state index in [1.54, 1.807) is 0 Å². The summed E-state index contributed by atoms with van der Waals surface area (Å²) in [4.78, 5) is 0. The van der Waals surface area contributed by atoms with Gasteiger partial charge in [0.05, 0.1) is 0 Å². The van der Waals surface area contributed by atoms with E-state index in [4.69, 9.17) is 0 Å². The van der Waals surface area contributed by atoms with Crippen molar-refractivity contribution in [2.75, 3.05) is 0 Å². The molecule has 12 rings (SSSR count). The molecule has 0 amide bonds. The van der Waals surface area contributed by atoms with Crippen LogP contribution >= 0.6 is 0 Å². The van der Waals surface area contributed by atoms with E-state index in [0.29, 0.717) is 0 Å². The van der Waals surface area contributed by atoms with Crippen molar-refractivity contribution in [1.29, 1.82) is 0 Å². The van der Waals surface area contributed by atoms with Crippen LogP contribution in [0.4, 0.5) is 133 Å². The van der Waals surface area contributed by atoms with Crippen molar-refractivity contribution in [1.82, 2.24) is 0 Å². The zero-order valence-corrected chi connectivity index (χ0v) is 57.9. The lowest BCUT2D eigenvalue weighted by Crippen LogP contribution is -2.58. The molecular weight excluding hydrogens is 1530 g/mol. The molecule has 0 atom stereocenters. The number of hydrogen-bond donors (Lipinski definition) is 8. The molecule has 0 aliphatic heterocycles. The minimum atomic E-state index is -3.26. The maximum Gasteiger partial charge on any atom is 0.200 e. The summed E-state index contributed by atoms with van der Waals surface area (Å²) in [5.41, 5.74) is 30.8. The SMILES string of the molecule is [NH3+]c1ccccc1.[NH3+]c1ccccc1.[NH3+]c1ccccc1.[NH3+]c1ccccc1.[NH3+]c1ccccc1.[NH3+]c1ccccc1.[NH3+]c1ccccc1.[NH3+]c1ccccc1.[O-]B([O-])c1c(F)c(F)c(F)c(F)c1F.[O-]B([O-])c1c(F)c(F)c(F)c(F)c1F.[O-]B([O-])c1c(F)c(F)c(F)c(F)c1F.[O-]B([O-])c1c(F)c(F)c(F)c(F)c1F. The molecule has 0 saturated carbocycles. The van der Waals surface area contributed by atoms with Crippen LogP contribution in [0.1, 0.15) is 0 Å². The molecule has 12 aromatic carbocycles. The van der Waals surface area contributed by atoms with Gasteiger partial charge in [-0.25, -0.2) is 87.8 Å². The maximum atomic E-state index is 12.5. The minimum absolute atomic E-state index is 1.07. The molecule has 0 radical (unpaired) electrons. The molecule has 0 aliphatic rings. The number of hydrogen-bond acceptors (Lipinski definition) is 8. The summed E-state index contributed by atoms with van der Waals surface area (Å²) < 4.78 is 248. The highest BCUT2D eigenvalue weighted by Crippen LogP contribution is 2.19. The normalized spacial score (nSPS) is 9.61. The first kappa shape index (κ1) is 98.9. The highest BCUT2D eigenvalue weighted by Gasteiger charge is 2.27. The molecule has 0 aliphatic carbocycles. The summed E-state index contributed by atoms with van der Waals surface area (Å²) in [5, 5.41) is 80.8. The molecule has 0 spiro atoms. The predicted molar refractivity (Wildman–Crippen MR) is 358 cm³/mol. The number of rotatable bonds is 4. The van der Waals surface area contributed by atoms with E-state index < -0.39 is 167 Å². The predicted octanol–water partition coefficient (Wildman–Crippen LogP) is -0.328. The van der Waals surface area contributed by atoms with Gasteiger partial charge < -0.3 is 86.1 Å². The Kier molecular flexibility index (Phi) is 46.0. The largest absolute Gasteiger partial charge is 0.889 e. The Labute approximate surface area is 626 Å². The average Bonchev–Trinajstić information content (AvgIpc) is 0.814. The van der Waals surface area contributed by atoms with Gasteiger partial charge in [0.15, 0.2) is 116 Å². The Hall–Kier alpha value is -11.1. The van der Waals surface area contributed by atoms with Gasteiger partial charge in [-0.15, -0.1) is 0 Å². The fraction of sp³-hybridized carbons (Fsp3) is 0. The van der Waals surface area contributed by atoms with E-state index in [-0.39, 0.29) is 0 Å². The molecule has 0 fully saturated rings. The summed E-state index contributed by atoms with van der Waals surface area (Å²) >= 11 is 0. The van der Waals surface area contributed by atoms with Crippen LogP contribution in [0.5, 0.6) is 0 Å². The van der Waals surface area contributed by atoms with E-state index in [2.05, 4.69) is 45.9 Å². The molecule has 0 heterocycles. The van der Waals surface area contributed by atoms with Crippen molar-refractivity contribution >= 4 is 95.8 Å². The molecule has 24 N–H and O–H groups in total. The highest BCUT2D eigenvalue weighted by molar-refractivity contribution is 6.56. The third kappa shape index (κ3) is 34.8. The third-order valence-electron chi connectivity index (χ3n) is 12.7. The fourth-order valence-corrected chi connectivity index (χ4v) is 7.14. The van der Waals surface area contributed by atoms with Crippen molar-refractivity contribution in [2.45, 2.75) is 0 Å². The Morgan fingerprint density at radius 1 is 0.134 bits per heavy atom. The van der Waals surface area contributed by atoms with E-state index in [0.717, 1.165) is 45.5 Å². The summed E-state index contributed by atoms with van der Waals surface area (Å²) in [6, 6.07) is 79.0. The van der Waals surface area contributed by atoms with Crippen molar-refractivity contribution in [2.24, 2.45) is 0 Å². The Bertz CT molecular complexity index is 3860. The van der Waals surface area contributed by atoms with Gasteiger partial charge in [0.1, 0.15) is 45.5 Å². The zero-order chi connectivity index (χ0) is 85.1. The minimum Gasteiger partial charge on any atom is -0.889 e. The molecule has 40 heteroatoms. The quantitative estimate of drug-likeness (QED) is 0.0498. The van der Waals surface area contributed by atoms with Crippen LogP contribution in [-0.4, -0.2) is 28.5 Å².